The summed E-state index contributed by atoms with van der Waals surface area (Å²) in [7, 11) is 0. The first kappa shape index (κ1) is 17.1. The van der Waals surface area contributed by atoms with Crippen molar-refractivity contribution in [3.8, 4) is 11.4 Å². The highest BCUT2D eigenvalue weighted by Crippen LogP contribution is 2.35. The number of hydrogen-bond donors (Lipinski definition) is 0. The van der Waals surface area contributed by atoms with E-state index in [1.165, 1.54) is 53.3 Å². The fourth-order valence-electron chi connectivity index (χ4n) is 4.44. The SMILES string of the molecule is Cc1ccc(CCN2CCC(c3nnc4n3CCc3sccc3-4)CC2)cc1. The minimum Gasteiger partial charge on any atom is -0.310 e. The molecule has 1 saturated heterocycles. The van der Waals surface area contributed by atoms with Crippen LogP contribution in [-0.4, -0.2) is 39.3 Å². The zero-order chi connectivity index (χ0) is 18.2. The highest BCUT2D eigenvalue weighted by molar-refractivity contribution is 7.10. The molecule has 0 aliphatic carbocycles. The van der Waals surface area contributed by atoms with Crippen molar-refractivity contribution in [1.29, 1.82) is 0 Å². The van der Waals surface area contributed by atoms with Crippen LogP contribution in [0.4, 0.5) is 0 Å². The molecular weight excluding hydrogens is 352 g/mol. The smallest absolute Gasteiger partial charge is 0.165 e. The molecule has 1 aromatic carbocycles. The Morgan fingerprint density at radius 1 is 1.04 bits per heavy atom. The van der Waals surface area contributed by atoms with Crippen molar-refractivity contribution < 1.29 is 0 Å². The molecule has 1 fully saturated rings. The molecule has 0 atom stereocenters. The molecule has 140 valence electrons. The van der Waals surface area contributed by atoms with Gasteiger partial charge in [-0.05, 0) is 56.3 Å². The van der Waals surface area contributed by atoms with Gasteiger partial charge in [0, 0.05) is 35.9 Å². The molecule has 2 aromatic heterocycles. The predicted octanol–water partition coefficient (Wildman–Crippen LogP) is 4.29. The molecule has 5 rings (SSSR count). The molecule has 4 heterocycles. The second-order valence-corrected chi connectivity index (χ2v) is 8.89. The Bertz CT molecular complexity index is 916. The molecule has 0 bridgehead atoms. The summed E-state index contributed by atoms with van der Waals surface area (Å²) in [5.74, 6) is 2.87. The van der Waals surface area contributed by atoms with Gasteiger partial charge in [-0.15, -0.1) is 21.5 Å². The van der Waals surface area contributed by atoms with Gasteiger partial charge in [-0.2, -0.15) is 0 Å². The van der Waals surface area contributed by atoms with Gasteiger partial charge in [0.05, 0.1) is 0 Å². The summed E-state index contributed by atoms with van der Waals surface area (Å²) in [5.41, 5.74) is 4.09. The maximum absolute atomic E-state index is 4.63. The van der Waals surface area contributed by atoms with Crippen LogP contribution in [-0.2, 0) is 19.4 Å². The summed E-state index contributed by atoms with van der Waals surface area (Å²) in [6, 6.07) is 11.2. The van der Waals surface area contributed by atoms with Crippen LogP contribution >= 0.6 is 11.3 Å². The van der Waals surface area contributed by atoms with Gasteiger partial charge < -0.3 is 9.47 Å². The van der Waals surface area contributed by atoms with Crippen molar-refractivity contribution in [3.05, 3.63) is 57.5 Å². The number of rotatable bonds is 4. The number of aryl methyl sites for hydroxylation is 2. The number of piperidine rings is 1. The molecule has 3 aromatic rings. The quantitative estimate of drug-likeness (QED) is 0.679. The van der Waals surface area contributed by atoms with E-state index in [0.717, 1.165) is 31.8 Å². The largest absolute Gasteiger partial charge is 0.310 e. The van der Waals surface area contributed by atoms with E-state index in [-0.39, 0.29) is 0 Å². The number of likely N-dealkylation sites (tertiary alicyclic amines) is 1. The third kappa shape index (κ3) is 3.34. The third-order valence-electron chi connectivity index (χ3n) is 6.12. The Hall–Kier alpha value is -1.98. The Balaban J connectivity index is 1.21. The van der Waals surface area contributed by atoms with Crippen LogP contribution in [0.3, 0.4) is 0 Å². The minimum absolute atomic E-state index is 0.557. The summed E-state index contributed by atoms with van der Waals surface area (Å²) in [4.78, 5) is 4.08. The van der Waals surface area contributed by atoms with E-state index in [9.17, 15) is 0 Å². The minimum atomic E-state index is 0.557. The van der Waals surface area contributed by atoms with Gasteiger partial charge in [0.25, 0.3) is 0 Å². The van der Waals surface area contributed by atoms with Crippen LogP contribution < -0.4 is 0 Å². The first-order valence-electron chi connectivity index (χ1n) is 10.1. The number of hydrogen-bond acceptors (Lipinski definition) is 4. The Morgan fingerprint density at radius 2 is 1.85 bits per heavy atom. The summed E-state index contributed by atoms with van der Waals surface area (Å²) >= 11 is 1.85. The van der Waals surface area contributed by atoms with E-state index >= 15 is 0 Å². The van der Waals surface area contributed by atoms with E-state index in [1.54, 1.807) is 0 Å². The van der Waals surface area contributed by atoms with Crippen LogP contribution in [0.5, 0.6) is 0 Å². The van der Waals surface area contributed by atoms with Gasteiger partial charge in [-0.3, -0.25) is 0 Å². The molecule has 0 spiro atoms. The molecule has 0 radical (unpaired) electrons. The number of fused-ring (bicyclic) bond motifs is 3. The monoisotopic (exact) mass is 378 g/mol. The molecule has 2 aliphatic rings. The fraction of sp³-hybridized carbons (Fsp3) is 0.455. The van der Waals surface area contributed by atoms with E-state index in [2.05, 4.69) is 62.3 Å². The van der Waals surface area contributed by atoms with E-state index < -0.39 is 0 Å². The molecule has 4 nitrogen and oxygen atoms in total. The predicted molar refractivity (Wildman–Crippen MR) is 110 cm³/mol. The summed E-state index contributed by atoms with van der Waals surface area (Å²) in [6.07, 6.45) is 4.66. The van der Waals surface area contributed by atoms with Crippen molar-refractivity contribution in [1.82, 2.24) is 19.7 Å². The van der Waals surface area contributed by atoms with Gasteiger partial charge in [-0.25, -0.2) is 0 Å². The lowest BCUT2D eigenvalue weighted by Gasteiger charge is -2.32. The van der Waals surface area contributed by atoms with Crippen LogP contribution in [0, 0.1) is 6.92 Å². The first-order chi connectivity index (χ1) is 13.3. The highest BCUT2D eigenvalue weighted by atomic mass is 32.1. The summed E-state index contributed by atoms with van der Waals surface area (Å²) in [5, 5.41) is 11.4. The Kier molecular flexibility index (Phi) is 4.58. The second kappa shape index (κ2) is 7.21. The van der Waals surface area contributed by atoms with Gasteiger partial charge in [0.15, 0.2) is 5.82 Å². The van der Waals surface area contributed by atoms with Gasteiger partial charge in [-0.1, -0.05) is 29.8 Å². The molecule has 0 unspecified atom stereocenters. The molecule has 5 heteroatoms. The average molecular weight is 379 g/mol. The molecule has 27 heavy (non-hydrogen) atoms. The van der Waals surface area contributed by atoms with E-state index in [4.69, 9.17) is 0 Å². The third-order valence-corrected chi connectivity index (χ3v) is 7.10. The van der Waals surface area contributed by atoms with Crippen molar-refractivity contribution >= 4 is 11.3 Å². The maximum atomic E-state index is 4.63. The fourth-order valence-corrected chi connectivity index (χ4v) is 5.30. The number of aromatic nitrogens is 3. The Labute approximate surface area is 164 Å². The topological polar surface area (TPSA) is 34.0 Å². The zero-order valence-corrected chi connectivity index (χ0v) is 16.7. The summed E-state index contributed by atoms with van der Waals surface area (Å²) in [6.45, 7) is 6.69. The highest BCUT2D eigenvalue weighted by Gasteiger charge is 2.28. The van der Waals surface area contributed by atoms with E-state index in [1.807, 2.05) is 11.3 Å². The van der Waals surface area contributed by atoms with Gasteiger partial charge in [0.1, 0.15) is 5.82 Å². The lowest BCUT2D eigenvalue weighted by atomic mass is 9.95. The van der Waals surface area contributed by atoms with Gasteiger partial charge in [0.2, 0.25) is 0 Å². The van der Waals surface area contributed by atoms with Crippen LogP contribution in [0.25, 0.3) is 11.4 Å². The molecule has 0 saturated carbocycles. The van der Waals surface area contributed by atoms with Crippen LogP contribution in [0.1, 0.15) is 40.6 Å². The lowest BCUT2D eigenvalue weighted by molar-refractivity contribution is 0.209. The first-order valence-corrected chi connectivity index (χ1v) is 10.9. The number of nitrogens with zero attached hydrogens (tertiary/aromatic N) is 4. The normalized spacial score (nSPS) is 17.7. The molecule has 0 amide bonds. The maximum Gasteiger partial charge on any atom is 0.165 e. The van der Waals surface area contributed by atoms with Crippen LogP contribution in [0.15, 0.2) is 35.7 Å². The number of benzene rings is 1. The lowest BCUT2D eigenvalue weighted by Crippen LogP contribution is -2.35. The Morgan fingerprint density at radius 3 is 2.67 bits per heavy atom. The molecule has 0 N–H and O–H groups in total. The van der Waals surface area contributed by atoms with Crippen molar-refractivity contribution in [2.45, 2.75) is 45.1 Å². The van der Waals surface area contributed by atoms with E-state index in [0.29, 0.717) is 5.92 Å². The zero-order valence-electron chi connectivity index (χ0n) is 15.9. The van der Waals surface area contributed by atoms with Crippen LogP contribution in [0.2, 0.25) is 0 Å². The van der Waals surface area contributed by atoms with Crippen molar-refractivity contribution in [3.63, 3.8) is 0 Å². The summed E-state index contributed by atoms with van der Waals surface area (Å²) < 4.78 is 2.39. The molecular formula is C22H26N4S. The van der Waals surface area contributed by atoms with Crippen molar-refractivity contribution in [2.75, 3.05) is 19.6 Å². The average Bonchev–Trinajstić information content (AvgIpc) is 3.34. The molecule has 2 aliphatic heterocycles. The van der Waals surface area contributed by atoms with Crippen molar-refractivity contribution in [2.24, 2.45) is 0 Å². The standard InChI is InChI=1S/C22H26N4S/c1-16-2-4-17(5-3-16)6-11-25-12-7-18(8-13-25)21-23-24-22-19-10-15-27-20(19)9-14-26(21)22/h2-5,10,15,18H,6-9,11-14H2,1H3. The van der Waals surface area contributed by atoms with Gasteiger partial charge >= 0.3 is 0 Å². The second-order valence-electron chi connectivity index (χ2n) is 7.89. The number of thiophene rings is 1.